The number of nitrogens with one attached hydrogen (secondary N) is 1. The van der Waals surface area contributed by atoms with Crippen LogP contribution in [0.5, 0.6) is 0 Å². The van der Waals surface area contributed by atoms with Gasteiger partial charge in [-0.3, -0.25) is 9.00 Å². The maximum Gasteiger partial charge on any atom is 0.327 e. The van der Waals surface area contributed by atoms with Gasteiger partial charge in [-0.25, -0.2) is 0 Å². The number of carbonyl (C=O) groups excluding carboxylic acids is 1. The summed E-state index contributed by atoms with van der Waals surface area (Å²) >= 11 is 6.74. The Kier molecular flexibility index (Phi) is 9.72. The molecule has 7 heteroatoms. The standard InChI is InChI=1S/C41H65ClN2O3S/c1-37(2)31(28-11-21-40(42,22-12-28)36(45)47-5)13-19-39(4)34(37)15-20-38(3)32-14-23-41(18-7-8-33(41)30(32)9-10-35(38)39)43-24-27-44-25-16-29(17-26-44)48(6)46/h11,13,29-30,32-35,43H,7-10,12,14-27H2,1-6H3/t30-,32?,33+,34?,35?,38-,39-,40?,41-,48?/m0/s1. The van der Waals surface area contributed by atoms with Gasteiger partial charge in [-0.15, -0.1) is 11.6 Å². The van der Waals surface area contributed by atoms with Crippen LogP contribution in [-0.4, -0.2) is 70.3 Å². The van der Waals surface area contributed by atoms with Crippen molar-refractivity contribution in [1.82, 2.24) is 10.2 Å². The SMILES string of the molecule is COC(=O)C1(Cl)CC=C(C2=CC[C@@]3(C)C(CC[C@@]4(C)C5CC[C@@]6(NCCN7CCC(S(C)=O)CC7)CCC[C@@H]6[C@H]5CCC43)C2(C)C)CC1. The van der Waals surface area contributed by atoms with Crippen LogP contribution in [0.3, 0.4) is 0 Å². The largest absolute Gasteiger partial charge is 0.468 e. The second kappa shape index (κ2) is 13.1. The molecule has 10 atom stereocenters. The third-order valence-electron chi connectivity index (χ3n) is 16.4. The minimum absolute atomic E-state index is 0.120. The Labute approximate surface area is 299 Å². The van der Waals surface area contributed by atoms with Crippen molar-refractivity contribution in [3.05, 3.63) is 23.3 Å². The number of halogens is 1. The van der Waals surface area contributed by atoms with Gasteiger partial charge < -0.3 is 15.0 Å². The molecule has 0 radical (unpaired) electrons. The predicted octanol–water partition coefficient (Wildman–Crippen LogP) is 8.43. The van der Waals surface area contributed by atoms with Crippen LogP contribution < -0.4 is 5.32 Å². The van der Waals surface area contributed by atoms with E-state index in [1.165, 1.54) is 82.5 Å². The number of likely N-dealkylation sites (tertiary alicyclic amines) is 1. The molecule has 1 saturated heterocycles. The zero-order valence-corrected chi connectivity index (χ0v) is 32.6. The van der Waals surface area contributed by atoms with E-state index in [2.05, 4.69) is 50.1 Å². The van der Waals surface area contributed by atoms with Crippen molar-refractivity contribution in [3.8, 4) is 0 Å². The number of carbonyl (C=O) groups is 1. The second-order valence-electron chi connectivity index (χ2n) is 18.6. The van der Waals surface area contributed by atoms with Gasteiger partial charge in [0, 0.05) is 40.9 Å². The second-order valence-corrected chi connectivity index (χ2v) is 21.0. The lowest BCUT2D eigenvalue weighted by Gasteiger charge is -2.68. The van der Waals surface area contributed by atoms with Gasteiger partial charge in [0.25, 0.3) is 0 Å². The van der Waals surface area contributed by atoms with Gasteiger partial charge >= 0.3 is 5.97 Å². The number of piperidine rings is 1. The maximum atomic E-state index is 12.4. The number of hydrogen-bond acceptors (Lipinski definition) is 5. The van der Waals surface area contributed by atoms with Gasteiger partial charge in [-0.2, -0.15) is 0 Å². The average molecular weight is 702 g/mol. The molecule has 270 valence electrons. The van der Waals surface area contributed by atoms with Gasteiger partial charge in [-0.05, 0) is 160 Å². The third-order valence-corrected chi connectivity index (χ3v) is 18.3. The molecule has 5 nitrogen and oxygen atoms in total. The Hall–Kier alpha value is -0.690. The van der Waals surface area contributed by atoms with Crippen LogP contribution in [0.4, 0.5) is 0 Å². The normalized spacial score (nSPS) is 45.1. The molecule has 6 aliphatic carbocycles. The number of nitrogens with zero attached hydrogens (tertiary/aromatic N) is 1. The number of fused-ring (bicyclic) bond motifs is 7. The van der Waals surface area contributed by atoms with E-state index in [9.17, 15) is 9.00 Å². The van der Waals surface area contributed by atoms with Gasteiger partial charge in [0.2, 0.25) is 0 Å². The fourth-order valence-electron chi connectivity index (χ4n) is 14.0. The highest BCUT2D eigenvalue weighted by atomic mass is 35.5. The van der Waals surface area contributed by atoms with Crippen molar-refractivity contribution in [1.29, 1.82) is 0 Å². The van der Waals surface area contributed by atoms with Gasteiger partial charge in [-0.1, -0.05) is 46.3 Å². The van der Waals surface area contributed by atoms with Crippen LogP contribution >= 0.6 is 11.6 Å². The Morgan fingerprint density at radius 3 is 2.38 bits per heavy atom. The molecule has 1 aliphatic heterocycles. The van der Waals surface area contributed by atoms with Gasteiger partial charge in [0.1, 0.15) is 4.87 Å². The van der Waals surface area contributed by atoms with Crippen LogP contribution in [0.2, 0.25) is 0 Å². The number of rotatable bonds is 7. The van der Waals surface area contributed by atoms with E-state index in [4.69, 9.17) is 16.3 Å². The Balaban J connectivity index is 1.04. The molecular weight excluding hydrogens is 636 g/mol. The Morgan fingerprint density at radius 1 is 0.917 bits per heavy atom. The van der Waals surface area contributed by atoms with E-state index in [1.807, 2.05) is 6.26 Å². The topological polar surface area (TPSA) is 58.6 Å². The first-order chi connectivity index (χ1) is 22.8. The predicted molar refractivity (Wildman–Crippen MR) is 198 cm³/mol. The summed E-state index contributed by atoms with van der Waals surface area (Å²) in [5.41, 5.74) is 4.23. The van der Waals surface area contributed by atoms with Crippen molar-refractivity contribution >= 4 is 28.4 Å². The summed E-state index contributed by atoms with van der Waals surface area (Å²) in [7, 11) is 0.776. The maximum absolute atomic E-state index is 12.4. The van der Waals surface area contributed by atoms with Gasteiger partial charge in [0.15, 0.2) is 0 Å². The molecule has 0 bridgehead atoms. The number of esters is 1. The molecule has 1 N–H and O–H groups in total. The first kappa shape index (κ1) is 35.7. The highest BCUT2D eigenvalue weighted by Crippen LogP contribution is 2.72. The molecule has 0 aromatic heterocycles. The van der Waals surface area contributed by atoms with Crippen molar-refractivity contribution in [2.24, 2.45) is 45.8 Å². The molecule has 1 heterocycles. The molecule has 5 fully saturated rings. The summed E-state index contributed by atoms with van der Waals surface area (Å²) in [5, 5.41) is 4.67. The molecule has 0 spiro atoms. The van der Waals surface area contributed by atoms with E-state index in [0.717, 1.165) is 69.1 Å². The molecular formula is C41H65ClN2O3S. The molecule has 5 unspecified atom stereocenters. The Morgan fingerprint density at radius 2 is 1.69 bits per heavy atom. The average Bonchev–Trinajstić information content (AvgIpc) is 3.49. The lowest BCUT2D eigenvalue weighted by atomic mass is 9.37. The van der Waals surface area contributed by atoms with E-state index in [-0.39, 0.29) is 11.4 Å². The number of hydrogen-bond donors (Lipinski definition) is 1. The number of ether oxygens (including phenoxy) is 1. The summed E-state index contributed by atoms with van der Waals surface area (Å²) in [6, 6.07) is 0. The lowest BCUT2D eigenvalue weighted by Crippen LogP contribution is -2.64. The molecule has 0 amide bonds. The molecule has 48 heavy (non-hydrogen) atoms. The first-order valence-electron chi connectivity index (χ1n) is 19.7. The number of allylic oxidation sites excluding steroid dienone is 4. The van der Waals surface area contributed by atoms with E-state index < -0.39 is 15.7 Å². The van der Waals surface area contributed by atoms with Crippen molar-refractivity contribution in [2.45, 2.75) is 140 Å². The zero-order chi connectivity index (χ0) is 34.1. The molecule has 0 aromatic carbocycles. The van der Waals surface area contributed by atoms with E-state index in [1.54, 1.807) is 0 Å². The summed E-state index contributed by atoms with van der Waals surface area (Å²) in [4.78, 5) is 14.1. The number of methoxy groups -OCH3 is 1. The monoisotopic (exact) mass is 700 g/mol. The fourth-order valence-corrected chi connectivity index (χ4v) is 15.2. The highest BCUT2D eigenvalue weighted by Gasteiger charge is 2.65. The summed E-state index contributed by atoms with van der Waals surface area (Å²) in [6.07, 6.45) is 24.8. The fraction of sp³-hybridized carbons (Fsp3) is 0.878. The molecule has 0 aromatic rings. The van der Waals surface area contributed by atoms with Crippen molar-refractivity contribution < 1.29 is 13.7 Å². The summed E-state index contributed by atoms with van der Waals surface area (Å²) in [5.74, 6) is 3.78. The minimum atomic E-state index is -0.904. The Bertz CT molecular complexity index is 1340. The van der Waals surface area contributed by atoms with Crippen molar-refractivity contribution in [3.63, 3.8) is 0 Å². The summed E-state index contributed by atoms with van der Waals surface area (Å²) in [6.45, 7) is 15.0. The lowest BCUT2D eigenvalue weighted by molar-refractivity contribution is -0.175. The molecule has 4 saturated carbocycles. The van der Waals surface area contributed by atoms with Crippen LogP contribution in [0.1, 0.15) is 124 Å². The van der Waals surface area contributed by atoms with Crippen LogP contribution in [0.25, 0.3) is 0 Å². The quantitative estimate of drug-likeness (QED) is 0.214. The highest BCUT2D eigenvalue weighted by molar-refractivity contribution is 7.84. The van der Waals surface area contributed by atoms with E-state index in [0.29, 0.717) is 40.4 Å². The van der Waals surface area contributed by atoms with Crippen LogP contribution in [0.15, 0.2) is 23.3 Å². The third kappa shape index (κ3) is 5.76. The zero-order valence-electron chi connectivity index (χ0n) is 31.0. The summed E-state index contributed by atoms with van der Waals surface area (Å²) < 4.78 is 17.0. The smallest absolute Gasteiger partial charge is 0.327 e. The van der Waals surface area contributed by atoms with Crippen LogP contribution in [-0.2, 0) is 20.3 Å². The minimum Gasteiger partial charge on any atom is -0.468 e. The van der Waals surface area contributed by atoms with E-state index >= 15 is 0 Å². The molecule has 7 aliphatic rings. The number of alkyl halides is 1. The first-order valence-corrected chi connectivity index (χ1v) is 21.7. The van der Waals surface area contributed by atoms with Crippen molar-refractivity contribution in [2.75, 3.05) is 39.5 Å². The van der Waals surface area contributed by atoms with Crippen LogP contribution in [0, 0.1) is 45.8 Å². The molecule has 7 rings (SSSR count). The van der Waals surface area contributed by atoms with Gasteiger partial charge in [0.05, 0.1) is 7.11 Å².